The Bertz CT molecular complexity index is 307. The van der Waals surface area contributed by atoms with Crippen LogP contribution >= 0.6 is 0 Å². The van der Waals surface area contributed by atoms with Crippen LogP contribution in [0.25, 0.3) is 0 Å². The van der Waals surface area contributed by atoms with E-state index in [1.165, 1.54) is 12.7 Å². The van der Waals surface area contributed by atoms with Crippen molar-refractivity contribution in [1.82, 2.24) is 0 Å². The van der Waals surface area contributed by atoms with Crippen molar-refractivity contribution >= 4 is 11.1 Å². The van der Waals surface area contributed by atoms with Gasteiger partial charge in [-0.2, -0.15) is 0 Å². The van der Waals surface area contributed by atoms with Crippen molar-refractivity contribution in [3.63, 3.8) is 0 Å². The van der Waals surface area contributed by atoms with E-state index < -0.39 is 11.1 Å². The highest BCUT2D eigenvalue weighted by Gasteiger charge is 2.05. The van der Waals surface area contributed by atoms with Gasteiger partial charge in [0.1, 0.15) is 0 Å². The van der Waals surface area contributed by atoms with E-state index in [4.69, 9.17) is 4.18 Å². The molecule has 12 heavy (non-hydrogen) atoms. The topological polar surface area (TPSA) is 26.3 Å². The minimum Gasteiger partial charge on any atom is -0.290 e. The Labute approximate surface area is 75.2 Å². The summed E-state index contributed by atoms with van der Waals surface area (Å²) < 4.78 is 16.0. The summed E-state index contributed by atoms with van der Waals surface area (Å²) in [6.07, 6.45) is 0. The minimum absolute atomic E-state index is 0.753. The van der Waals surface area contributed by atoms with Crippen LogP contribution in [0.15, 0.2) is 23.1 Å². The van der Waals surface area contributed by atoms with Crippen LogP contribution in [-0.4, -0.2) is 11.3 Å². The first kappa shape index (κ1) is 9.42. The summed E-state index contributed by atoms with van der Waals surface area (Å²) in [7, 11) is 1.44. The zero-order chi connectivity index (χ0) is 9.14. The summed E-state index contributed by atoms with van der Waals surface area (Å²) in [5, 5.41) is 0. The predicted octanol–water partition coefficient (Wildman–Crippen LogP) is 1.97. The van der Waals surface area contributed by atoms with Gasteiger partial charge in [0.15, 0.2) is 11.1 Å². The van der Waals surface area contributed by atoms with Gasteiger partial charge in [0.25, 0.3) is 0 Å². The van der Waals surface area contributed by atoms with Gasteiger partial charge < -0.3 is 0 Å². The average Bonchev–Trinajstić information content (AvgIpc) is 2.03. The molecule has 1 rings (SSSR count). The summed E-state index contributed by atoms with van der Waals surface area (Å²) in [6.45, 7) is 3.94. The molecule has 0 aliphatic carbocycles. The molecular formula is C9H12O2S. The molecule has 1 unspecified atom stereocenters. The van der Waals surface area contributed by atoms with E-state index in [1.54, 1.807) is 0 Å². The van der Waals surface area contributed by atoms with Crippen LogP contribution in [-0.2, 0) is 15.3 Å². The normalized spacial score (nSPS) is 12.9. The van der Waals surface area contributed by atoms with Gasteiger partial charge in [-0.25, -0.2) is 4.21 Å². The van der Waals surface area contributed by atoms with E-state index in [-0.39, 0.29) is 0 Å². The molecule has 0 radical (unpaired) electrons. The SMILES string of the molecule is COS(=O)c1ccc(C)cc1C. The molecule has 1 atom stereocenters. The number of hydrogen-bond acceptors (Lipinski definition) is 2. The molecule has 0 amide bonds. The largest absolute Gasteiger partial charge is 0.290 e. The van der Waals surface area contributed by atoms with Crippen LogP contribution in [0, 0.1) is 13.8 Å². The number of hydrogen-bond donors (Lipinski definition) is 0. The van der Waals surface area contributed by atoms with Gasteiger partial charge in [0, 0.05) is 0 Å². The van der Waals surface area contributed by atoms with Gasteiger partial charge in [-0.15, -0.1) is 0 Å². The second-order valence-electron chi connectivity index (χ2n) is 2.67. The van der Waals surface area contributed by atoms with E-state index in [0.717, 1.165) is 10.5 Å². The summed E-state index contributed by atoms with van der Waals surface area (Å²) in [4.78, 5) is 0.753. The zero-order valence-corrected chi connectivity index (χ0v) is 8.27. The molecular weight excluding hydrogens is 172 g/mol. The molecule has 1 aromatic rings. The van der Waals surface area contributed by atoms with E-state index in [1.807, 2.05) is 32.0 Å². The molecule has 0 aromatic heterocycles. The van der Waals surface area contributed by atoms with Crippen LogP contribution in [0.2, 0.25) is 0 Å². The number of benzene rings is 1. The smallest absolute Gasteiger partial charge is 0.189 e. The molecule has 0 spiro atoms. The molecule has 0 fully saturated rings. The number of rotatable bonds is 2. The lowest BCUT2D eigenvalue weighted by Gasteiger charge is -2.03. The van der Waals surface area contributed by atoms with E-state index >= 15 is 0 Å². The van der Waals surface area contributed by atoms with Gasteiger partial charge >= 0.3 is 0 Å². The van der Waals surface area contributed by atoms with E-state index in [9.17, 15) is 4.21 Å². The van der Waals surface area contributed by atoms with Gasteiger partial charge in [-0.1, -0.05) is 17.7 Å². The highest BCUT2D eigenvalue weighted by atomic mass is 32.2. The summed E-state index contributed by atoms with van der Waals surface area (Å²) >= 11 is -1.31. The van der Waals surface area contributed by atoms with Crippen molar-refractivity contribution in [1.29, 1.82) is 0 Å². The minimum atomic E-state index is -1.31. The van der Waals surface area contributed by atoms with Crippen molar-refractivity contribution in [2.45, 2.75) is 18.7 Å². The van der Waals surface area contributed by atoms with Crippen LogP contribution in [0.4, 0.5) is 0 Å². The standard InChI is InChI=1S/C9H12O2S/c1-7-4-5-9(8(2)6-7)12(10)11-3/h4-6H,1-3H3. The second kappa shape index (κ2) is 3.83. The molecule has 0 N–H and O–H groups in total. The Balaban J connectivity index is 3.09. The third kappa shape index (κ3) is 1.93. The highest BCUT2D eigenvalue weighted by Crippen LogP contribution is 2.14. The monoisotopic (exact) mass is 184 g/mol. The fourth-order valence-electron chi connectivity index (χ4n) is 1.08. The Morgan fingerprint density at radius 1 is 1.33 bits per heavy atom. The quantitative estimate of drug-likeness (QED) is 0.702. The third-order valence-electron chi connectivity index (χ3n) is 1.66. The van der Waals surface area contributed by atoms with Crippen molar-refractivity contribution in [3.8, 4) is 0 Å². The van der Waals surface area contributed by atoms with Gasteiger partial charge in [0.2, 0.25) is 0 Å². The van der Waals surface area contributed by atoms with Crippen molar-refractivity contribution in [2.75, 3.05) is 7.11 Å². The fourth-order valence-corrected chi connectivity index (χ4v) is 1.76. The molecule has 66 valence electrons. The molecule has 3 heteroatoms. The first-order valence-corrected chi connectivity index (χ1v) is 4.76. The average molecular weight is 184 g/mol. The second-order valence-corrected chi connectivity index (χ2v) is 3.91. The third-order valence-corrected chi connectivity index (χ3v) is 2.78. The Morgan fingerprint density at radius 3 is 2.50 bits per heavy atom. The molecule has 0 aliphatic rings. The maximum atomic E-state index is 11.2. The van der Waals surface area contributed by atoms with Crippen molar-refractivity contribution in [2.24, 2.45) is 0 Å². The van der Waals surface area contributed by atoms with Crippen LogP contribution in [0.5, 0.6) is 0 Å². The lowest BCUT2D eigenvalue weighted by molar-refractivity contribution is 0.445. The molecule has 0 heterocycles. The van der Waals surface area contributed by atoms with Gasteiger partial charge in [0.05, 0.1) is 12.0 Å². The highest BCUT2D eigenvalue weighted by molar-refractivity contribution is 7.80. The maximum absolute atomic E-state index is 11.2. The Hall–Kier alpha value is -0.670. The summed E-state index contributed by atoms with van der Waals surface area (Å²) in [5.41, 5.74) is 2.18. The van der Waals surface area contributed by atoms with E-state index in [2.05, 4.69) is 0 Å². The van der Waals surface area contributed by atoms with Crippen molar-refractivity contribution < 1.29 is 8.39 Å². The Morgan fingerprint density at radius 2 is 2.00 bits per heavy atom. The van der Waals surface area contributed by atoms with E-state index in [0.29, 0.717) is 0 Å². The number of aryl methyl sites for hydroxylation is 2. The first-order valence-electron chi connectivity index (χ1n) is 3.68. The Kier molecular flexibility index (Phi) is 3.00. The molecule has 0 aliphatic heterocycles. The summed E-state index contributed by atoms with van der Waals surface area (Å²) in [6, 6.07) is 5.76. The summed E-state index contributed by atoms with van der Waals surface area (Å²) in [5.74, 6) is 0. The fraction of sp³-hybridized carbons (Fsp3) is 0.333. The maximum Gasteiger partial charge on any atom is 0.189 e. The van der Waals surface area contributed by atoms with Crippen LogP contribution in [0.1, 0.15) is 11.1 Å². The van der Waals surface area contributed by atoms with Gasteiger partial charge in [-0.3, -0.25) is 4.18 Å². The molecule has 2 nitrogen and oxygen atoms in total. The van der Waals surface area contributed by atoms with Crippen molar-refractivity contribution in [3.05, 3.63) is 29.3 Å². The van der Waals surface area contributed by atoms with Crippen LogP contribution in [0.3, 0.4) is 0 Å². The molecule has 1 aromatic carbocycles. The molecule has 0 bridgehead atoms. The molecule has 0 saturated heterocycles. The lowest BCUT2D eigenvalue weighted by atomic mass is 10.2. The predicted molar refractivity (Wildman–Crippen MR) is 49.3 cm³/mol. The first-order chi connectivity index (χ1) is 5.65. The van der Waals surface area contributed by atoms with Gasteiger partial charge in [-0.05, 0) is 25.5 Å². The molecule has 0 saturated carbocycles. The van der Waals surface area contributed by atoms with Crippen LogP contribution < -0.4 is 0 Å². The lowest BCUT2D eigenvalue weighted by Crippen LogP contribution is -1.96. The zero-order valence-electron chi connectivity index (χ0n) is 7.46.